The van der Waals surface area contributed by atoms with Gasteiger partial charge in [0.05, 0.1) is 0 Å². The van der Waals surface area contributed by atoms with Crippen molar-refractivity contribution in [3.8, 4) is 6.07 Å². The van der Waals surface area contributed by atoms with Crippen LogP contribution in [0.1, 0.15) is 19.8 Å². The number of piperidine rings is 1. The highest BCUT2D eigenvalue weighted by Gasteiger charge is 2.22. The maximum atomic E-state index is 12.3. The Morgan fingerprint density at radius 1 is 1.32 bits per heavy atom. The lowest BCUT2D eigenvalue weighted by Crippen LogP contribution is -2.45. The van der Waals surface area contributed by atoms with Gasteiger partial charge in [-0.2, -0.15) is 5.26 Å². The summed E-state index contributed by atoms with van der Waals surface area (Å²) in [6.07, 6.45) is 3.64. The predicted octanol–water partition coefficient (Wildman–Crippen LogP) is 0.147. The number of rotatable bonds is 5. The minimum Gasteiger partial charge on any atom is -0.388 e. The van der Waals surface area contributed by atoms with Crippen LogP contribution in [0.25, 0.3) is 0 Å². The number of likely N-dealkylation sites (tertiary alicyclic amines) is 1. The van der Waals surface area contributed by atoms with Gasteiger partial charge >= 0.3 is 0 Å². The second-order valence-electron chi connectivity index (χ2n) is 6.19. The summed E-state index contributed by atoms with van der Waals surface area (Å²) in [5.41, 5.74) is 0.217. The van der Waals surface area contributed by atoms with Gasteiger partial charge < -0.3 is 15.5 Å². The van der Waals surface area contributed by atoms with E-state index in [0.29, 0.717) is 5.92 Å². The highest BCUT2D eigenvalue weighted by Crippen LogP contribution is 2.17. The molecule has 0 aromatic carbocycles. The largest absolute Gasteiger partial charge is 0.388 e. The number of carbonyl (C=O) groups is 1. The lowest BCUT2D eigenvalue weighted by Gasteiger charge is -2.30. The lowest BCUT2D eigenvalue weighted by molar-refractivity contribution is -0.128. The summed E-state index contributed by atoms with van der Waals surface area (Å²) in [6.45, 7) is 9.61. The molecule has 2 aliphatic heterocycles. The molecule has 0 aromatic rings. The molecule has 2 fully saturated rings. The molecule has 2 N–H and O–H groups in total. The third-order valence-electron chi connectivity index (χ3n) is 4.45. The average molecular weight is 305 g/mol. The number of nitriles is 1. The van der Waals surface area contributed by atoms with Crippen molar-refractivity contribution in [1.29, 1.82) is 5.26 Å². The van der Waals surface area contributed by atoms with Crippen LogP contribution in [0.3, 0.4) is 0 Å². The third-order valence-corrected chi connectivity index (χ3v) is 4.45. The summed E-state index contributed by atoms with van der Waals surface area (Å²) < 4.78 is 0. The summed E-state index contributed by atoms with van der Waals surface area (Å²) in [7, 11) is 0. The lowest BCUT2D eigenvalue weighted by atomic mass is 9.99. The summed E-state index contributed by atoms with van der Waals surface area (Å²) in [5.74, 6) is 0.541. The van der Waals surface area contributed by atoms with E-state index >= 15 is 0 Å². The number of hydrogen-bond acceptors (Lipinski definition) is 5. The van der Waals surface area contributed by atoms with Crippen LogP contribution >= 0.6 is 0 Å². The molecule has 0 saturated carbocycles. The van der Waals surface area contributed by atoms with E-state index in [2.05, 4.69) is 22.5 Å². The minimum atomic E-state index is -0.135. The van der Waals surface area contributed by atoms with E-state index in [4.69, 9.17) is 0 Å². The number of carbonyl (C=O) groups excluding carboxylic acids is 1. The molecule has 0 aliphatic carbocycles. The van der Waals surface area contributed by atoms with Crippen molar-refractivity contribution in [3.05, 3.63) is 11.8 Å². The Morgan fingerprint density at radius 2 is 2.00 bits per heavy atom. The highest BCUT2D eigenvalue weighted by molar-refractivity contribution is 5.97. The van der Waals surface area contributed by atoms with Gasteiger partial charge in [0, 0.05) is 58.6 Å². The Bertz CT molecular complexity index is 428. The Balaban J connectivity index is 1.75. The molecule has 0 bridgehead atoms. The zero-order valence-electron chi connectivity index (χ0n) is 13.5. The molecule has 2 heterocycles. The number of piperazine rings is 1. The Kier molecular flexibility index (Phi) is 6.69. The van der Waals surface area contributed by atoms with E-state index in [9.17, 15) is 10.1 Å². The first-order valence-corrected chi connectivity index (χ1v) is 8.26. The standard InChI is InChI=1S/C16H27N5O/c1-14-2-7-21(8-3-14)16(22)15(12-17)13-19-6-11-20-9-4-18-5-10-20/h13-14,18-19H,2-11H2,1H3/b15-13-. The molecule has 2 saturated heterocycles. The fraction of sp³-hybridized carbons (Fsp3) is 0.750. The predicted molar refractivity (Wildman–Crippen MR) is 86.0 cm³/mol. The van der Waals surface area contributed by atoms with Crippen LogP contribution < -0.4 is 10.6 Å². The molecular weight excluding hydrogens is 278 g/mol. The van der Waals surface area contributed by atoms with E-state index in [0.717, 1.165) is 65.2 Å². The van der Waals surface area contributed by atoms with E-state index in [1.54, 1.807) is 11.1 Å². The first-order chi connectivity index (χ1) is 10.7. The smallest absolute Gasteiger partial charge is 0.265 e. The van der Waals surface area contributed by atoms with Crippen molar-refractivity contribution in [2.24, 2.45) is 5.92 Å². The van der Waals surface area contributed by atoms with Gasteiger partial charge in [0.2, 0.25) is 0 Å². The monoisotopic (exact) mass is 305 g/mol. The number of nitrogens with zero attached hydrogens (tertiary/aromatic N) is 3. The van der Waals surface area contributed by atoms with E-state index in [1.807, 2.05) is 6.07 Å². The molecule has 2 aliphatic rings. The van der Waals surface area contributed by atoms with Crippen molar-refractivity contribution < 1.29 is 4.79 Å². The number of hydrogen-bond donors (Lipinski definition) is 2. The molecule has 6 heteroatoms. The van der Waals surface area contributed by atoms with Crippen LogP contribution in [0.15, 0.2) is 11.8 Å². The van der Waals surface area contributed by atoms with Gasteiger partial charge in [-0.25, -0.2) is 0 Å². The normalized spacial score (nSPS) is 21.5. The minimum absolute atomic E-state index is 0.135. The number of amides is 1. The summed E-state index contributed by atoms with van der Waals surface area (Å²) >= 11 is 0. The van der Waals surface area contributed by atoms with Crippen molar-refractivity contribution >= 4 is 5.91 Å². The molecule has 0 unspecified atom stereocenters. The van der Waals surface area contributed by atoms with Gasteiger partial charge in [-0.3, -0.25) is 9.69 Å². The Labute approximate surface area is 133 Å². The van der Waals surface area contributed by atoms with Crippen molar-refractivity contribution in [3.63, 3.8) is 0 Å². The number of nitrogens with one attached hydrogen (secondary N) is 2. The van der Waals surface area contributed by atoms with E-state index in [1.165, 1.54) is 0 Å². The molecule has 0 atom stereocenters. The SMILES string of the molecule is CC1CCN(C(=O)/C(C#N)=C\NCCN2CCNCC2)CC1. The van der Waals surface area contributed by atoms with Crippen molar-refractivity contribution in [2.75, 3.05) is 52.4 Å². The maximum Gasteiger partial charge on any atom is 0.265 e. The quantitative estimate of drug-likeness (QED) is 0.430. The average Bonchev–Trinajstić information content (AvgIpc) is 2.56. The molecule has 2 rings (SSSR count). The van der Waals surface area contributed by atoms with Crippen LogP contribution in [0.2, 0.25) is 0 Å². The van der Waals surface area contributed by atoms with Crippen LogP contribution in [-0.4, -0.2) is 68.1 Å². The van der Waals surface area contributed by atoms with Crippen LogP contribution in [0.4, 0.5) is 0 Å². The van der Waals surface area contributed by atoms with Crippen molar-refractivity contribution in [2.45, 2.75) is 19.8 Å². The highest BCUT2D eigenvalue weighted by atomic mass is 16.2. The van der Waals surface area contributed by atoms with Gasteiger partial charge in [-0.15, -0.1) is 0 Å². The van der Waals surface area contributed by atoms with Gasteiger partial charge in [-0.05, 0) is 18.8 Å². The first-order valence-electron chi connectivity index (χ1n) is 8.26. The van der Waals surface area contributed by atoms with Crippen LogP contribution in [0.5, 0.6) is 0 Å². The zero-order chi connectivity index (χ0) is 15.8. The fourth-order valence-electron chi connectivity index (χ4n) is 2.86. The van der Waals surface area contributed by atoms with Gasteiger partial charge in [0.25, 0.3) is 5.91 Å². The maximum absolute atomic E-state index is 12.3. The zero-order valence-corrected chi connectivity index (χ0v) is 13.5. The third kappa shape index (κ3) is 5.00. The van der Waals surface area contributed by atoms with Crippen LogP contribution in [-0.2, 0) is 4.79 Å². The molecule has 0 aromatic heterocycles. The first kappa shape index (κ1) is 16.8. The molecule has 6 nitrogen and oxygen atoms in total. The summed E-state index contributed by atoms with van der Waals surface area (Å²) in [5, 5.41) is 15.6. The van der Waals surface area contributed by atoms with E-state index < -0.39 is 0 Å². The van der Waals surface area contributed by atoms with Gasteiger partial charge in [0.15, 0.2) is 0 Å². The Morgan fingerprint density at radius 3 is 2.64 bits per heavy atom. The van der Waals surface area contributed by atoms with Crippen molar-refractivity contribution in [1.82, 2.24) is 20.4 Å². The molecule has 0 radical (unpaired) electrons. The summed E-state index contributed by atoms with van der Waals surface area (Å²) in [6, 6.07) is 2.03. The summed E-state index contributed by atoms with van der Waals surface area (Å²) in [4.78, 5) is 16.5. The molecule has 122 valence electrons. The van der Waals surface area contributed by atoms with Gasteiger partial charge in [-0.1, -0.05) is 6.92 Å². The van der Waals surface area contributed by atoms with Crippen LogP contribution in [0, 0.1) is 17.2 Å². The molecule has 0 spiro atoms. The molecule has 1 amide bonds. The molecular formula is C16H27N5O. The van der Waals surface area contributed by atoms with E-state index in [-0.39, 0.29) is 11.5 Å². The Hall–Kier alpha value is -1.58. The topological polar surface area (TPSA) is 71.4 Å². The fourth-order valence-corrected chi connectivity index (χ4v) is 2.86. The van der Waals surface area contributed by atoms with Gasteiger partial charge in [0.1, 0.15) is 11.6 Å². The second-order valence-corrected chi connectivity index (χ2v) is 6.19. The second kappa shape index (κ2) is 8.76. The molecule has 22 heavy (non-hydrogen) atoms.